The average molecular weight is 299 g/mol. The number of halogens is 4. The van der Waals surface area contributed by atoms with E-state index in [9.17, 15) is 13.2 Å². The van der Waals surface area contributed by atoms with E-state index >= 15 is 0 Å². The van der Waals surface area contributed by atoms with Crippen LogP contribution in [0, 0.1) is 0 Å². The number of ether oxygens (including phenoxy) is 1. The Morgan fingerprint density at radius 2 is 1.89 bits per heavy atom. The Hall–Kier alpha value is -0.980. The summed E-state index contributed by atoms with van der Waals surface area (Å²) < 4.78 is 40.0. The molecule has 0 heterocycles. The molecule has 0 radical (unpaired) electrons. The third kappa shape index (κ3) is 7.25. The molecule has 0 saturated heterocycles. The maximum atomic E-state index is 12.1. The lowest BCUT2D eigenvalue weighted by molar-refractivity contribution is -0.274. The quantitative estimate of drug-likeness (QED) is 0.793. The molecule has 3 nitrogen and oxygen atoms in total. The molecule has 1 aromatic carbocycles. The van der Waals surface area contributed by atoms with Crippen molar-refractivity contribution in [3.63, 3.8) is 0 Å². The van der Waals surface area contributed by atoms with Crippen LogP contribution in [-0.2, 0) is 0 Å². The SMILES string of the molecule is Cl.NCCCC[C@@H](N)c1cccc(OC(F)(F)F)c1. The second kappa shape index (κ2) is 8.24. The van der Waals surface area contributed by atoms with Gasteiger partial charge in [0.25, 0.3) is 0 Å². The van der Waals surface area contributed by atoms with Crippen molar-refractivity contribution in [2.75, 3.05) is 6.54 Å². The van der Waals surface area contributed by atoms with Crippen LogP contribution in [0.5, 0.6) is 5.75 Å². The second-order valence-corrected chi connectivity index (χ2v) is 4.01. The van der Waals surface area contributed by atoms with Gasteiger partial charge in [0.05, 0.1) is 0 Å². The Morgan fingerprint density at radius 3 is 2.47 bits per heavy atom. The number of hydrogen-bond acceptors (Lipinski definition) is 3. The summed E-state index contributed by atoms with van der Waals surface area (Å²) in [6, 6.07) is 5.47. The van der Waals surface area contributed by atoms with Gasteiger partial charge in [0.15, 0.2) is 0 Å². The summed E-state index contributed by atoms with van der Waals surface area (Å²) in [5.41, 5.74) is 11.9. The predicted octanol–water partition coefficient (Wildman–Crippen LogP) is 3.14. The van der Waals surface area contributed by atoms with Crippen molar-refractivity contribution < 1.29 is 17.9 Å². The highest BCUT2D eigenvalue weighted by molar-refractivity contribution is 5.85. The Kier molecular flexibility index (Phi) is 7.82. The summed E-state index contributed by atoms with van der Waals surface area (Å²) in [4.78, 5) is 0. The van der Waals surface area contributed by atoms with E-state index in [0.29, 0.717) is 18.5 Å². The summed E-state index contributed by atoms with van der Waals surface area (Å²) in [6.45, 7) is 0.587. The Morgan fingerprint density at radius 1 is 1.21 bits per heavy atom. The standard InChI is InChI=1S/C12H17F3N2O.ClH/c13-12(14,15)18-10-5-3-4-9(8-10)11(17)6-1-2-7-16;/h3-5,8,11H,1-2,6-7,16-17H2;1H/t11-;/m1./s1. The molecule has 1 atom stereocenters. The first kappa shape index (κ1) is 18.0. The Labute approximate surface area is 116 Å². The van der Waals surface area contributed by atoms with Gasteiger partial charge in [-0.3, -0.25) is 0 Å². The van der Waals surface area contributed by atoms with Crippen molar-refractivity contribution in [3.05, 3.63) is 29.8 Å². The number of nitrogens with two attached hydrogens (primary N) is 2. The van der Waals surface area contributed by atoms with Gasteiger partial charge in [-0.1, -0.05) is 18.6 Å². The molecule has 4 N–H and O–H groups in total. The van der Waals surface area contributed by atoms with Crippen LogP contribution in [0.15, 0.2) is 24.3 Å². The minimum Gasteiger partial charge on any atom is -0.406 e. The first-order valence-electron chi connectivity index (χ1n) is 5.74. The molecule has 0 bridgehead atoms. The molecule has 110 valence electrons. The van der Waals surface area contributed by atoms with Gasteiger partial charge in [-0.2, -0.15) is 0 Å². The minimum absolute atomic E-state index is 0. The van der Waals surface area contributed by atoms with Gasteiger partial charge in [-0.05, 0) is 37.1 Å². The second-order valence-electron chi connectivity index (χ2n) is 4.01. The molecule has 0 saturated carbocycles. The van der Waals surface area contributed by atoms with E-state index in [1.165, 1.54) is 18.2 Å². The summed E-state index contributed by atoms with van der Waals surface area (Å²) >= 11 is 0. The van der Waals surface area contributed by atoms with Gasteiger partial charge in [0.1, 0.15) is 5.75 Å². The van der Waals surface area contributed by atoms with Crippen LogP contribution in [-0.4, -0.2) is 12.9 Å². The van der Waals surface area contributed by atoms with Crippen LogP contribution in [0.4, 0.5) is 13.2 Å². The molecule has 0 aromatic heterocycles. The van der Waals surface area contributed by atoms with E-state index in [0.717, 1.165) is 12.8 Å². The molecule has 0 aliphatic heterocycles. The van der Waals surface area contributed by atoms with Gasteiger partial charge in [0.2, 0.25) is 0 Å². The van der Waals surface area contributed by atoms with E-state index in [1.54, 1.807) is 6.07 Å². The third-order valence-corrected chi connectivity index (χ3v) is 2.49. The summed E-state index contributed by atoms with van der Waals surface area (Å²) in [5.74, 6) is -0.241. The topological polar surface area (TPSA) is 61.3 Å². The maximum absolute atomic E-state index is 12.1. The smallest absolute Gasteiger partial charge is 0.406 e. The van der Waals surface area contributed by atoms with Crippen LogP contribution < -0.4 is 16.2 Å². The first-order chi connectivity index (χ1) is 8.42. The number of rotatable bonds is 6. The summed E-state index contributed by atoms with van der Waals surface area (Å²) in [6.07, 6.45) is -2.29. The molecule has 0 aliphatic rings. The molecule has 0 amide bonds. The molecule has 1 aromatic rings. The normalized spacial score (nSPS) is 12.7. The lowest BCUT2D eigenvalue weighted by atomic mass is 10.0. The van der Waals surface area contributed by atoms with Gasteiger partial charge in [-0.25, -0.2) is 0 Å². The van der Waals surface area contributed by atoms with E-state index in [1.807, 2.05) is 0 Å². The van der Waals surface area contributed by atoms with Crippen molar-refractivity contribution in [1.29, 1.82) is 0 Å². The van der Waals surface area contributed by atoms with Crippen molar-refractivity contribution in [1.82, 2.24) is 0 Å². The molecule has 0 spiro atoms. The summed E-state index contributed by atoms with van der Waals surface area (Å²) in [7, 11) is 0. The lowest BCUT2D eigenvalue weighted by Crippen LogP contribution is -2.17. The number of hydrogen-bond donors (Lipinski definition) is 2. The predicted molar refractivity (Wildman–Crippen MR) is 70.2 cm³/mol. The molecule has 1 rings (SSSR count). The molecular weight excluding hydrogens is 281 g/mol. The monoisotopic (exact) mass is 298 g/mol. The molecule has 0 aliphatic carbocycles. The van der Waals surface area contributed by atoms with Crippen LogP contribution in [0.1, 0.15) is 30.9 Å². The van der Waals surface area contributed by atoms with Crippen LogP contribution >= 0.6 is 12.4 Å². The zero-order valence-corrected chi connectivity index (χ0v) is 11.1. The minimum atomic E-state index is -4.68. The fourth-order valence-corrected chi connectivity index (χ4v) is 1.62. The van der Waals surface area contributed by atoms with Crippen LogP contribution in [0.2, 0.25) is 0 Å². The number of benzene rings is 1. The van der Waals surface area contributed by atoms with E-state index in [2.05, 4.69) is 4.74 Å². The van der Waals surface area contributed by atoms with Gasteiger partial charge < -0.3 is 16.2 Å². The maximum Gasteiger partial charge on any atom is 0.573 e. The highest BCUT2D eigenvalue weighted by Crippen LogP contribution is 2.26. The van der Waals surface area contributed by atoms with Gasteiger partial charge in [-0.15, -0.1) is 25.6 Å². The fraction of sp³-hybridized carbons (Fsp3) is 0.500. The van der Waals surface area contributed by atoms with E-state index in [4.69, 9.17) is 11.5 Å². The Bertz CT molecular complexity index is 374. The third-order valence-electron chi connectivity index (χ3n) is 2.49. The molecule has 19 heavy (non-hydrogen) atoms. The van der Waals surface area contributed by atoms with Crippen molar-refractivity contribution in [2.24, 2.45) is 11.5 Å². The lowest BCUT2D eigenvalue weighted by Gasteiger charge is -2.14. The van der Waals surface area contributed by atoms with Gasteiger partial charge in [0, 0.05) is 6.04 Å². The molecular formula is C12H18ClF3N2O. The van der Waals surface area contributed by atoms with Crippen LogP contribution in [0.25, 0.3) is 0 Å². The fourth-order valence-electron chi connectivity index (χ4n) is 1.62. The van der Waals surface area contributed by atoms with Crippen molar-refractivity contribution in [2.45, 2.75) is 31.7 Å². The van der Waals surface area contributed by atoms with E-state index in [-0.39, 0.29) is 24.2 Å². The zero-order valence-electron chi connectivity index (χ0n) is 10.3. The number of alkyl halides is 3. The van der Waals surface area contributed by atoms with Crippen LogP contribution in [0.3, 0.4) is 0 Å². The highest BCUT2D eigenvalue weighted by Gasteiger charge is 2.31. The molecule has 0 unspecified atom stereocenters. The Balaban J connectivity index is 0.00000324. The molecule has 0 fully saturated rings. The first-order valence-corrected chi connectivity index (χ1v) is 5.74. The molecule has 7 heteroatoms. The zero-order chi connectivity index (χ0) is 13.6. The highest BCUT2D eigenvalue weighted by atomic mass is 35.5. The van der Waals surface area contributed by atoms with E-state index < -0.39 is 6.36 Å². The average Bonchev–Trinajstić information content (AvgIpc) is 2.27. The van der Waals surface area contributed by atoms with Crippen molar-refractivity contribution in [3.8, 4) is 5.75 Å². The number of unbranched alkanes of at least 4 members (excludes halogenated alkanes) is 1. The van der Waals surface area contributed by atoms with Gasteiger partial charge >= 0.3 is 6.36 Å². The summed E-state index contributed by atoms with van der Waals surface area (Å²) in [5, 5.41) is 0. The van der Waals surface area contributed by atoms with Crippen molar-refractivity contribution >= 4 is 12.4 Å². The largest absolute Gasteiger partial charge is 0.573 e.